The predicted molar refractivity (Wildman–Crippen MR) is 51.2 cm³/mol. The zero-order valence-electron chi connectivity index (χ0n) is 8.09. The molecular weight excluding hydrogens is 150 g/mol. The van der Waals surface area contributed by atoms with Crippen molar-refractivity contribution in [3.05, 3.63) is 24.0 Å². The van der Waals surface area contributed by atoms with Gasteiger partial charge in [-0.05, 0) is 39.8 Å². The predicted octanol–water partition coefficient (Wildman–Crippen LogP) is 2.67. The van der Waals surface area contributed by atoms with Gasteiger partial charge in [0, 0.05) is 0 Å². The normalized spacial score (nSPS) is 21.7. The zero-order chi connectivity index (χ0) is 9.19. The van der Waals surface area contributed by atoms with E-state index in [9.17, 15) is 0 Å². The number of allylic oxidation sites excluding steroid dienone is 2. The number of aliphatic imine (C=N–C) groups is 1. The molecule has 1 heterocycles. The maximum absolute atomic E-state index is 5.39. The van der Waals surface area contributed by atoms with Crippen molar-refractivity contribution >= 4 is 5.90 Å². The van der Waals surface area contributed by atoms with E-state index in [1.54, 1.807) is 0 Å². The second kappa shape index (κ2) is 3.13. The molecule has 0 aromatic carbocycles. The lowest BCUT2D eigenvalue weighted by atomic mass is 10.0. The van der Waals surface area contributed by atoms with Crippen LogP contribution in [0.15, 0.2) is 29.0 Å². The lowest BCUT2D eigenvalue weighted by Gasteiger charge is -2.22. The minimum atomic E-state index is -0.128. The van der Waals surface area contributed by atoms with E-state index in [2.05, 4.69) is 18.8 Å². The fourth-order valence-corrected chi connectivity index (χ4v) is 1.24. The van der Waals surface area contributed by atoms with Crippen LogP contribution in [-0.4, -0.2) is 11.4 Å². The third kappa shape index (κ3) is 2.22. The maximum atomic E-state index is 5.39. The molecule has 12 heavy (non-hydrogen) atoms. The van der Waals surface area contributed by atoms with Crippen molar-refractivity contribution in [3.63, 3.8) is 0 Å². The highest BCUT2D eigenvalue weighted by molar-refractivity contribution is 5.89. The zero-order valence-corrected chi connectivity index (χ0v) is 8.09. The lowest BCUT2D eigenvalue weighted by molar-refractivity contribution is 0.383. The van der Waals surface area contributed by atoms with E-state index in [-0.39, 0.29) is 5.54 Å². The van der Waals surface area contributed by atoms with Crippen LogP contribution < -0.4 is 0 Å². The van der Waals surface area contributed by atoms with Crippen molar-refractivity contribution in [2.45, 2.75) is 33.2 Å². The average Bonchev–Trinajstić information content (AvgIpc) is 1.82. The molecule has 0 aromatic heterocycles. The summed E-state index contributed by atoms with van der Waals surface area (Å²) in [6.45, 7) is 8.01. The molecule has 0 saturated carbocycles. The van der Waals surface area contributed by atoms with Crippen LogP contribution in [0, 0.1) is 0 Å². The van der Waals surface area contributed by atoms with Gasteiger partial charge >= 0.3 is 0 Å². The molecule has 1 rings (SSSR count). The Bertz CT molecular complexity index is 259. The Morgan fingerprint density at radius 3 is 2.67 bits per heavy atom. The quantitative estimate of drug-likeness (QED) is 0.585. The second-order valence-corrected chi connectivity index (χ2v) is 3.46. The van der Waals surface area contributed by atoms with Gasteiger partial charge in [-0.2, -0.15) is 0 Å². The average molecular weight is 165 g/mol. The van der Waals surface area contributed by atoms with E-state index in [1.165, 1.54) is 0 Å². The smallest absolute Gasteiger partial charge is 0.214 e. The van der Waals surface area contributed by atoms with E-state index in [0.717, 1.165) is 5.76 Å². The number of nitrogens with zero attached hydrogens (tertiary/aromatic N) is 1. The van der Waals surface area contributed by atoms with Gasteiger partial charge in [-0.25, -0.2) is 4.99 Å². The van der Waals surface area contributed by atoms with Crippen molar-refractivity contribution in [1.82, 2.24) is 0 Å². The van der Waals surface area contributed by atoms with Crippen LogP contribution in [-0.2, 0) is 4.74 Å². The molecule has 0 radical (unpaired) electrons. The van der Waals surface area contributed by atoms with E-state index in [1.807, 2.05) is 32.1 Å². The molecule has 0 aromatic rings. The van der Waals surface area contributed by atoms with E-state index < -0.39 is 0 Å². The molecule has 0 amide bonds. The number of hydrogen-bond acceptors (Lipinski definition) is 2. The van der Waals surface area contributed by atoms with Crippen molar-refractivity contribution in [2.24, 2.45) is 4.99 Å². The molecule has 0 fully saturated rings. The van der Waals surface area contributed by atoms with Gasteiger partial charge in [0.15, 0.2) is 0 Å². The van der Waals surface area contributed by atoms with E-state index in [4.69, 9.17) is 4.74 Å². The fourth-order valence-electron chi connectivity index (χ4n) is 1.24. The molecular formula is C10H15NO. The van der Waals surface area contributed by atoms with Crippen molar-refractivity contribution in [3.8, 4) is 0 Å². The van der Waals surface area contributed by atoms with Gasteiger partial charge in [-0.15, -0.1) is 0 Å². The summed E-state index contributed by atoms with van der Waals surface area (Å²) in [5.41, 5.74) is -0.128. The van der Waals surface area contributed by atoms with Crippen LogP contribution in [0.1, 0.15) is 27.7 Å². The first-order chi connectivity index (χ1) is 5.53. The van der Waals surface area contributed by atoms with Crippen LogP contribution in [0.5, 0.6) is 0 Å². The first-order valence-electron chi connectivity index (χ1n) is 4.13. The summed E-state index contributed by atoms with van der Waals surface area (Å²) in [4.78, 5) is 4.39. The van der Waals surface area contributed by atoms with Crippen LogP contribution in [0.25, 0.3) is 0 Å². The third-order valence-electron chi connectivity index (χ3n) is 1.53. The number of ether oxygens (including phenoxy) is 1. The summed E-state index contributed by atoms with van der Waals surface area (Å²) in [7, 11) is 0. The minimum Gasteiger partial charge on any atom is -0.444 e. The monoisotopic (exact) mass is 165 g/mol. The summed E-state index contributed by atoms with van der Waals surface area (Å²) in [6.07, 6.45) is 5.81. The van der Waals surface area contributed by atoms with Crippen LogP contribution in [0.4, 0.5) is 0 Å². The van der Waals surface area contributed by atoms with E-state index in [0.29, 0.717) is 5.90 Å². The van der Waals surface area contributed by atoms with Gasteiger partial charge in [-0.3, -0.25) is 0 Å². The maximum Gasteiger partial charge on any atom is 0.214 e. The molecule has 0 N–H and O–H groups in total. The Labute approximate surface area is 73.6 Å². The van der Waals surface area contributed by atoms with E-state index >= 15 is 0 Å². The highest BCUT2D eigenvalue weighted by atomic mass is 16.5. The summed E-state index contributed by atoms with van der Waals surface area (Å²) in [5.74, 6) is 1.62. The molecule has 2 heteroatoms. The topological polar surface area (TPSA) is 21.6 Å². The summed E-state index contributed by atoms with van der Waals surface area (Å²) in [5, 5.41) is 0. The Morgan fingerprint density at radius 2 is 2.17 bits per heavy atom. The Balaban J connectivity index is 2.88. The molecule has 0 atom stereocenters. The molecule has 2 nitrogen and oxygen atoms in total. The fraction of sp³-hybridized carbons (Fsp3) is 0.500. The van der Waals surface area contributed by atoms with Gasteiger partial charge in [0.25, 0.3) is 0 Å². The lowest BCUT2D eigenvalue weighted by Crippen LogP contribution is -2.22. The first-order valence-corrected chi connectivity index (χ1v) is 4.13. The molecule has 0 bridgehead atoms. The standard InChI is InChI=1S/C10H15NO/c1-5-6-9-11-10(3,4)7-8(2)12-9/h5-7H,1-4H3. The molecule has 0 spiro atoms. The van der Waals surface area contributed by atoms with Crippen molar-refractivity contribution < 1.29 is 4.74 Å². The summed E-state index contributed by atoms with van der Waals surface area (Å²) in [6, 6.07) is 0. The van der Waals surface area contributed by atoms with Crippen LogP contribution in [0.2, 0.25) is 0 Å². The van der Waals surface area contributed by atoms with Crippen molar-refractivity contribution in [2.75, 3.05) is 0 Å². The molecule has 0 saturated heterocycles. The van der Waals surface area contributed by atoms with Crippen LogP contribution in [0.3, 0.4) is 0 Å². The highest BCUT2D eigenvalue weighted by Gasteiger charge is 2.19. The van der Waals surface area contributed by atoms with Gasteiger partial charge in [0.1, 0.15) is 5.76 Å². The summed E-state index contributed by atoms with van der Waals surface area (Å²) >= 11 is 0. The Kier molecular flexibility index (Phi) is 2.36. The Morgan fingerprint density at radius 1 is 1.50 bits per heavy atom. The first kappa shape index (κ1) is 9.04. The second-order valence-electron chi connectivity index (χ2n) is 3.46. The third-order valence-corrected chi connectivity index (χ3v) is 1.53. The molecule has 1 aliphatic heterocycles. The SMILES string of the molecule is CC=CC1=NC(C)(C)C=C(C)O1. The van der Waals surface area contributed by atoms with Gasteiger partial charge in [0.05, 0.1) is 5.54 Å². The Hall–Kier alpha value is -1.05. The van der Waals surface area contributed by atoms with Crippen LogP contribution >= 0.6 is 0 Å². The van der Waals surface area contributed by atoms with Gasteiger partial charge in [-0.1, -0.05) is 6.08 Å². The molecule has 66 valence electrons. The minimum absolute atomic E-state index is 0.128. The van der Waals surface area contributed by atoms with Gasteiger partial charge < -0.3 is 4.74 Å². The number of rotatable bonds is 1. The highest BCUT2D eigenvalue weighted by Crippen LogP contribution is 2.20. The molecule has 1 aliphatic rings. The number of hydrogen-bond donors (Lipinski definition) is 0. The van der Waals surface area contributed by atoms with Crippen molar-refractivity contribution in [1.29, 1.82) is 0 Å². The largest absolute Gasteiger partial charge is 0.444 e. The molecule has 0 aliphatic carbocycles. The van der Waals surface area contributed by atoms with Gasteiger partial charge in [0.2, 0.25) is 5.90 Å². The summed E-state index contributed by atoms with van der Waals surface area (Å²) < 4.78 is 5.39. The molecule has 0 unspecified atom stereocenters.